The van der Waals surface area contributed by atoms with Crippen LogP contribution in [0.4, 0.5) is 0 Å². The van der Waals surface area contributed by atoms with Gasteiger partial charge in [0.25, 0.3) is 0 Å². The minimum atomic E-state index is -0.397. The van der Waals surface area contributed by atoms with Crippen LogP contribution in [0.15, 0.2) is 18.2 Å². The standard InChI is InChI=1S/C17H22O4/c1-11(2)16-10-17(6-7-20-16)9-14(18)13-8-12(19-3)4-5-15(13)21-17/h4-5,8,11,16H,6-7,9-10H2,1-3H3. The van der Waals surface area contributed by atoms with E-state index in [9.17, 15) is 4.79 Å². The van der Waals surface area contributed by atoms with Crippen LogP contribution in [0.3, 0.4) is 0 Å². The lowest BCUT2D eigenvalue weighted by molar-refractivity contribution is -0.106. The Hall–Kier alpha value is -1.55. The maximum absolute atomic E-state index is 12.5. The SMILES string of the molecule is COc1ccc2c(c1)C(=O)CC1(CCOC(C(C)C)C1)O2. The molecular weight excluding hydrogens is 268 g/mol. The zero-order valence-electron chi connectivity index (χ0n) is 12.8. The number of methoxy groups -OCH3 is 1. The number of ether oxygens (including phenoxy) is 3. The number of rotatable bonds is 2. The normalized spacial score (nSPS) is 28.4. The van der Waals surface area contributed by atoms with Gasteiger partial charge < -0.3 is 14.2 Å². The summed E-state index contributed by atoms with van der Waals surface area (Å²) in [6, 6.07) is 5.45. The Labute approximate surface area is 125 Å². The van der Waals surface area contributed by atoms with Crippen molar-refractivity contribution in [3.05, 3.63) is 23.8 Å². The molecule has 2 aliphatic heterocycles. The smallest absolute Gasteiger partial charge is 0.170 e. The Kier molecular flexibility index (Phi) is 3.66. The van der Waals surface area contributed by atoms with Crippen molar-refractivity contribution in [3.63, 3.8) is 0 Å². The van der Waals surface area contributed by atoms with E-state index in [1.54, 1.807) is 13.2 Å². The number of Topliss-reactive ketones (excluding diaryl/α,β-unsaturated/α-hetero) is 1. The highest BCUT2D eigenvalue weighted by Crippen LogP contribution is 2.42. The molecule has 2 unspecified atom stereocenters. The zero-order chi connectivity index (χ0) is 15.0. The predicted octanol–water partition coefficient (Wildman–Crippen LogP) is 3.23. The van der Waals surface area contributed by atoms with Crippen LogP contribution < -0.4 is 9.47 Å². The Balaban J connectivity index is 1.89. The summed E-state index contributed by atoms with van der Waals surface area (Å²) in [5.74, 6) is 1.93. The summed E-state index contributed by atoms with van der Waals surface area (Å²) in [5, 5.41) is 0. The van der Waals surface area contributed by atoms with Crippen LogP contribution in [0.5, 0.6) is 11.5 Å². The second-order valence-corrected chi connectivity index (χ2v) is 6.35. The molecule has 1 fully saturated rings. The molecule has 0 N–H and O–H groups in total. The van der Waals surface area contributed by atoms with E-state index >= 15 is 0 Å². The summed E-state index contributed by atoms with van der Waals surface area (Å²) < 4.78 is 17.3. The largest absolute Gasteiger partial charge is 0.497 e. The minimum absolute atomic E-state index is 0.138. The lowest BCUT2D eigenvalue weighted by atomic mass is 9.79. The number of carbonyl (C=O) groups excluding carboxylic acids is 1. The maximum atomic E-state index is 12.5. The fraction of sp³-hybridized carbons (Fsp3) is 0.588. The number of fused-ring (bicyclic) bond motifs is 1. The molecule has 0 radical (unpaired) electrons. The molecule has 0 aliphatic carbocycles. The van der Waals surface area contributed by atoms with Crippen molar-refractivity contribution in [2.24, 2.45) is 5.92 Å². The summed E-state index contributed by atoms with van der Waals surface area (Å²) in [5.41, 5.74) is 0.235. The summed E-state index contributed by atoms with van der Waals surface area (Å²) in [7, 11) is 1.60. The molecule has 0 saturated carbocycles. The fourth-order valence-electron chi connectivity index (χ4n) is 3.21. The Morgan fingerprint density at radius 3 is 2.90 bits per heavy atom. The second kappa shape index (κ2) is 5.34. The summed E-state index contributed by atoms with van der Waals surface area (Å²) in [6.07, 6.45) is 2.14. The molecule has 2 aliphatic rings. The topological polar surface area (TPSA) is 44.8 Å². The van der Waals surface area contributed by atoms with Crippen LogP contribution in [-0.2, 0) is 4.74 Å². The van der Waals surface area contributed by atoms with Gasteiger partial charge in [-0.15, -0.1) is 0 Å². The van der Waals surface area contributed by atoms with Crippen molar-refractivity contribution in [2.45, 2.75) is 44.8 Å². The van der Waals surface area contributed by atoms with Gasteiger partial charge in [0, 0.05) is 12.8 Å². The summed E-state index contributed by atoms with van der Waals surface area (Å²) in [4.78, 5) is 12.5. The second-order valence-electron chi connectivity index (χ2n) is 6.35. The van der Waals surface area contributed by atoms with Crippen LogP contribution in [0, 0.1) is 5.92 Å². The highest BCUT2D eigenvalue weighted by atomic mass is 16.5. The summed E-state index contributed by atoms with van der Waals surface area (Å²) in [6.45, 7) is 4.95. The molecule has 4 heteroatoms. The summed E-state index contributed by atoms with van der Waals surface area (Å²) >= 11 is 0. The van der Waals surface area contributed by atoms with E-state index in [1.807, 2.05) is 12.1 Å². The van der Waals surface area contributed by atoms with Gasteiger partial charge in [0.15, 0.2) is 5.78 Å². The van der Waals surface area contributed by atoms with Gasteiger partial charge in [-0.2, -0.15) is 0 Å². The van der Waals surface area contributed by atoms with Crippen molar-refractivity contribution in [1.29, 1.82) is 0 Å². The highest BCUT2D eigenvalue weighted by Gasteiger charge is 2.45. The van der Waals surface area contributed by atoms with Crippen LogP contribution in [0.2, 0.25) is 0 Å². The van der Waals surface area contributed by atoms with Crippen LogP contribution >= 0.6 is 0 Å². The Morgan fingerprint density at radius 1 is 1.38 bits per heavy atom. The van der Waals surface area contributed by atoms with E-state index < -0.39 is 5.60 Å². The zero-order valence-corrected chi connectivity index (χ0v) is 12.8. The van der Waals surface area contributed by atoms with Crippen LogP contribution in [0.1, 0.15) is 43.5 Å². The van der Waals surface area contributed by atoms with Crippen molar-refractivity contribution in [1.82, 2.24) is 0 Å². The monoisotopic (exact) mass is 290 g/mol. The predicted molar refractivity (Wildman–Crippen MR) is 79.1 cm³/mol. The molecule has 21 heavy (non-hydrogen) atoms. The first-order valence-electron chi connectivity index (χ1n) is 7.55. The van der Waals surface area contributed by atoms with Gasteiger partial charge in [0.1, 0.15) is 17.1 Å². The van der Waals surface area contributed by atoms with E-state index in [-0.39, 0.29) is 11.9 Å². The first-order valence-corrected chi connectivity index (χ1v) is 7.55. The van der Waals surface area contributed by atoms with Gasteiger partial charge in [-0.3, -0.25) is 4.79 Å². The molecule has 1 aromatic carbocycles. The molecular formula is C17H22O4. The van der Waals surface area contributed by atoms with Crippen molar-refractivity contribution >= 4 is 5.78 Å². The Bertz CT molecular complexity index is 552. The quantitative estimate of drug-likeness (QED) is 0.839. The third kappa shape index (κ3) is 2.64. The molecule has 0 aromatic heterocycles. The van der Waals surface area contributed by atoms with Crippen molar-refractivity contribution in [2.75, 3.05) is 13.7 Å². The molecule has 4 nitrogen and oxygen atoms in total. The van der Waals surface area contributed by atoms with Gasteiger partial charge in [-0.05, 0) is 24.1 Å². The molecule has 1 aromatic rings. The number of carbonyl (C=O) groups is 1. The lowest BCUT2D eigenvalue weighted by Crippen LogP contribution is -2.50. The van der Waals surface area contributed by atoms with Gasteiger partial charge in [0.2, 0.25) is 0 Å². The Morgan fingerprint density at radius 2 is 2.19 bits per heavy atom. The molecule has 1 saturated heterocycles. The van der Waals surface area contributed by atoms with E-state index in [1.165, 1.54) is 0 Å². The van der Waals surface area contributed by atoms with E-state index in [4.69, 9.17) is 14.2 Å². The number of hydrogen-bond donors (Lipinski definition) is 0. The van der Waals surface area contributed by atoms with Crippen molar-refractivity contribution in [3.8, 4) is 11.5 Å². The molecule has 2 atom stereocenters. The fourth-order valence-corrected chi connectivity index (χ4v) is 3.21. The third-order valence-corrected chi connectivity index (χ3v) is 4.50. The first-order chi connectivity index (χ1) is 10.0. The maximum Gasteiger partial charge on any atom is 0.170 e. The van der Waals surface area contributed by atoms with E-state index in [2.05, 4.69) is 13.8 Å². The number of hydrogen-bond acceptors (Lipinski definition) is 4. The van der Waals surface area contributed by atoms with Crippen LogP contribution in [0.25, 0.3) is 0 Å². The molecule has 114 valence electrons. The molecule has 3 rings (SSSR count). The number of benzene rings is 1. The first kappa shape index (κ1) is 14.4. The highest BCUT2D eigenvalue weighted by molar-refractivity contribution is 6.00. The average Bonchev–Trinajstić information content (AvgIpc) is 2.47. The minimum Gasteiger partial charge on any atom is -0.497 e. The van der Waals surface area contributed by atoms with Gasteiger partial charge in [-0.25, -0.2) is 0 Å². The average molecular weight is 290 g/mol. The van der Waals surface area contributed by atoms with Gasteiger partial charge >= 0.3 is 0 Å². The number of ketones is 1. The molecule has 0 amide bonds. The molecule has 2 heterocycles. The van der Waals surface area contributed by atoms with Gasteiger partial charge in [0.05, 0.1) is 31.8 Å². The lowest BCUT2D eigenvalue weighted by Gasteiger charge is -2.44. The third-order valence-electron chi connectivity index (χ3n) is 4.50. The van der Waals surface area contributed by atoms with Crippen molar-refractivity contribution < 1.29 is 19.0 Å². The van der Waals surface area contributed by atoms with Gasteiger partial charge in [-0.1, -0.05) is 13.8 Å². The molecule has 1 spiro atoms. The molecule has 0 bridgehead atoms. The van der Waals surface area contributed by atoms with Crippen LogP contribution in [-0.4, -0.2) is 31.2 Å². The van der Waals surface area contributed by atoms with E-state index in [0.29, 0.717) is 36.0 Å². The van der Waals surface area contributed by atoms with E-state index in [0.717, 1.165) is 12.8 Å².